The van der Waals surface area contributed by atoms with Crippen LogP contribution in [0.4, 0.5) is 0 Å². The highest BCUT2D eigenvalue weighted by Gasteiger charge is 2.12. The summed E-state index contributed by atoms with van der Waals surface area (Å²) in [6.07, 6.45) is 0. The molecule has 2 aromatic rings. The molecule has 1 N–H and O–H groups in total. The molecule has 3 heteroatoms. The average Bonchev–Trinajstić information content (AvgIpc) is 2.62. The number of aryl methyl sites for hydroxylation is 1. The van der Waals surface area contributed by atoms with Crippen molar-refractivity contribution in [2.24, 2.45) is 0 Å². The Balaban J connectivity index is 2.63. The summed E-state index contributed by atoms with van der Waals surface area (Å²) in [6, 6.07) is 6.64. The third-order valence-electron chi connectivity index (χ3n) is 3.62. The summed E-state index contributed by atoms with van der Waals surface area (Å²) in [5, 5.41) is 10.9. The third kappa shape index (κ3) is 2.67. The molecule has 104 valence electrons. The fourth-order valence-corrected chi connectivity index (χ4v) is 2.74. The topological polar surface area (TPSA) is 28.4 Å². The van der Waals surface area contributed by atoms with E-state index >= 15 is 0 Å². The Morgan fingerprint density at radius 2 is 1.89 bits per heavy atom. The van der Waals surface area contributed by atoms with Crippen LogP contribution in [-0.4, -0.2) is 28.7 Å². The maximum Gasteiger partial charge on any atom is 0.120 e. The van der Waals surface area contributed by atoms with Crippen LogP contribution < -0.4 is 0 Å². The summed E-state index contributed by atoms with van der Waals surface area (Å²) in [4.78, 5) is 2.12. The monoisotopic (exact) mass is 260 g/mol. The molecule has 1 aromatic carbocycles. The number of hydrogen-bond acceptors (Lipinski definition) is 2. The van der Waals surface area contributed by atoms with Gasteiger partial charge in [0, 0.05) is 17.6 Å². The number of benzene rings is 1. The quantitative estimate of drug-likeness (QED) is 0.915. The molecule has 0 saturated heterocycles. The molecule has 0 aliphatic rings. The first kappa shape index (κ1) is 14.1. The van der Waals surface area contributed by atoms with E-state index in [4.69, 9.17) is 0 Å². The smallest absolute Gasteiger partial charge is 0.120 e. The number of rotatable bonds is 4. The molecule has 0 spiro atoms. The van der Waals surface area contributed by atoms with Crippen LogP contribution in [-0.2, 0) is 13.3 Å². The van der Waals surface area contributed by atoms with Crippen molar-refractivity contribution in [3.8, 4) is 0 Å². The van der Waals surface area contributed by atoms with E-state index < -0.39 is 0 Å². The van der Waals surface area contributed by atoms with Crippen molar-refractivity contribution in [2.45, 2.75) is 40.0 Å². The Hall–Kier alpha value is -1.32. The largest absolute Gasteiger partial charge is 0.376 e. The minimum absolute atomic E-state index is 0.0350. The van der Waals surface area contributed by atoms with Gasteiger partial charge in [0.05, 0.1) is 5.52 Å². The third-order valence-corrected chi connectivity index (χ3v) is 3.62. The summed E-state index contributed by atoms with van der Waals surface area (Å²) in [6.45, 7) is 7.46. The fourth-order valence-electron chi connectivity index (χ4n) is 2.74. The van der Waals surface area contributed by atoms with Gasteiger partial charge >= 0.3 is 0 Å². The van der Waals surface area contributed by atoms with Gasteiger partial charge in [0.1, 0.15) is 6.73 Å². The predicted octanol–water partition coefficient (Wildman–Crippen LogP) is 3.08. The number of aliphatic hydroxyl groups is 1. The van der Waals surface area contributed by atoms with Crippen molar-refractivity contribution in [3.63, 3.8) is 0 Å². The summed E-state index contributed by atoms with van der Waals surface area (Å²) >= 11 is 0. The summed E-state index contributed by atoms with van der Waals surface area (Å²) in [5.41, 5.74) is 4.97. The maximum atomic E-state index is 9.66. The molecule has 0 saturated carbocycles. The van der Waals surface area contributed by atoms with E-state index in [0.29, 0.717) is 5.92 Å². The van der Waals surface area contributed by atoms with Crippen LogP contribution in [0.2, 0.25) is 0 Å². The number of nitrogens with zero attached hydrogens (tertiary/aromatic N) is 2. The standard InChI is InChI=1S/C16H24N2O/c1-11(2)15-8-16-13(6-12(15)3)7-14(9-17(4)5)18(16)10-19/h6-8,11,19H,9-10H2,1-5H3. The maximum absolute atomic E-state index is 9.66. The van der Waals surface area contributed by atoms with Crippen LogP contribution in [0.3, 0.4) is 0 Å². The van der Waals surface area contributed by atoms with Crippen LogP contribution in [0.1, 0.15) is 36.6 Å². The van der Waals surface area contributed by atoms with Crippen molar-refractivity contribution < 1.29 is 5.11 Å². The Morgan fingerprint density at radius 1 is 1.21 bits per heavy atom. The second-order valence-electron chi connectivity index (χ2n) is 5.87. The molecule has 1 aromatic heterocycles. The summed E-state index contributed by atoms with van der Waals surface area (Å²) in [7, 11) is 4.09. The van der Waals surface area contributed by atoms with Crippen molar-refractivity contribution in [3.05, 3.63) is 35.0 Å². The molecule has 0 aliphatic carbocycles. The van der Waals surface area contributed by atoms with Gasteiger partial charge < -0.3 is 14.6 Å². The van der Waals surface area contributed by atoms with Crippen molar-refractivity contribution in [1.82, 2.24) is 9.47 Å². The first-order chi connectivity index (χ1) is 8.93. The molecular weight excluding hydrogens is 236 g/mol. The highest BCUT2D eigenvalue weighted by atomic mass is 16.3. The summed E-state index contributed by atoms with van der Waals surface area (Å²) in [5.74, 6) is 0.503. The minimum atomic E-state index is 0.0350. The lowest BCUT2D eigenvalue weighted by Crippen LogP contribution is -2.14. The zero-order valence-corrected chi connectivity index (χ0v) is 12.6. The Morgan fingerprint density at radius 3 is 2.42 bits per heavy atom. The SMILES string of the molecule is Cc1cc2cc(CN(C)C)n(CO)c2cc1C(C)C. The molecular formula is C16H24N2O. The Kier molecular flexibility index (Phi) is 3.97. The molecule has 0 aliphatic heterocycles. The lowest BCUT2D eigenvalue weighted by atomic mass is 9.97. The Labute approximate surface area is 115 Å². The molecule has 2 rings (SSSR count). The van der Waals surface area contributed by atoms with Gasteiger partial charge in [-0.2, -0.15) is 0 Å². The first-order valence-corrected chi connectivity index (χ1v) is 6.82. The van der Waals surface area contributed by atoms with E-state index in [0.717, 1.165) is 17.8 Å². The second kappa shape index (κ2) is 5.35. The van der Waals surface area contributed by atoms with Crippen LogP contribution in [0.25, 0.3) is 10.9 Å². The van der Waals surface area contributed by atoms with E-state index in [9.17, 15) is 5.11 Å². The van der Waals surface area contributed by atoms with Crippen LogP contribution in [0.5, 0.6) is 0 Å². The van der Waals surface area contributed by atoms with Gasteiger partial charge in [-0.1, -0.05) is 13.8 Å². The predicted molar refractivity (Wildman–Crippen MR) is 80.4 cm³/mol. The van der Waals surface area contributed by atoms with Crippen molar-refractivity contribution in [2.75, 3.05) is 14.1 Å². The van der Waals surface area contributed by atoms with E-state index in [1.165, 1.54) is 16.5 Å². The zero-order chi connectivity index (χ0) is 14.2. The van der Waals surface area contributed by atoms with Crippen LogP contribution >= 0.6 is 0 Å². The van der Waals surface area contributed by atoms with Gasteiger partial charge in [-0.25, -0.2) is 0 Å². The Bertz CT molecular complexity index is 582. The van der Waals surface area contributed by atoms with Gasteiger partial charge in [0.15, 0.2) is 0 Å². The lowest BCUT2D eigenvalue weighted by molar-refractivity contribution is 0.208. The molecule has 3 nitrogen and oxygen atoms in total. The number of aliphatic hydroxyl groups excluding tert-OH is 1. The van der Waals surface area contributed by atoms with Crippen LogP contribution in [0.15, 0.2) is 18.2 Å². The first-order valence-electron chi connectivity index (χ1n) is 6.82. The zero-order valence-electron chi connectivity index (χ0n) is 12.6. The molecule has 0 atom stereocenters. The average molecular weight is 260 g/mol. The van der Waals surface area contributed by atoms with E-state index in [1.807, 2.05) is 18.7 Å². The van der Waals surface area contributed by atoms with E-state index in [1.54, 1.807) is 0 Å². The number of hydrogen-bond donors (Lipinski definition) is 1. The summed E-state index contributed by atoms with van der Waals surface area (Å²) < 4.78 is 2.00. The van der Waals surface area contributed by atoms with Gasteiger partial charge in [0.25, 0.3) is 0 Å². The molecule has 0 amide bonds. The van der Waals surface area contributed by atoms with Gasteiger partial charge in [0.2, 0.25) is 0 Å². The number of aromatic nitrogens is 1. The highest BCUT2D eigenvalue weighted by molar-refractivity contribution is 5.83. The lowest BCUT2D eigenvalue weighted by Gasteiger charge is -2.13. The van der Waals surface area contributed by atoms with E-state index in [2.05, 4.69) is 43.9 Å². The normalized spacial score (nSPS) is 12.0. The molecule has 0 radical (unpaired) electrons. The molecule has 19 heavy (non-hydrogen) atoms. The molecule has 0 fully saturated rings. The fraction of sp³-hybridized carbons (Fsp3) is 0.500. The van der Waals surface area contributed by atoms with E-state index in [-0.39, 0.29) is 6.73 Å². The van der Waals surface area contributed by atoms with Crippen LogP contribution in [0, 0.1) is 6.92 Å². The van der Waals surface area contributed by atoms with Gasteiger partial charge in [-0.15, -0.1) is 0 Å². The molecule has 1 heterocycles. The second-order valence-corrected chi connectivity index (χ2v) is 5.87. The number of fused-ring (bicyclic) bond motifs is 1. The van der Waals surface area contributed by atoms with Crippen molar-refractivity contribution >= 4 is 10.9 Å². The van der Waals surface area contributed by atoms with Crippen molar-refractivity contribution in [1.29, 1.82) is 0 Å². The van der Waals surface area contributed by atoms with Gasteiger partial charge in [-0.05, 0) is 56.3 Å². The molecule has 0 unspecified atom stereocenters. The highest BCUT2D eigenvalue weighted by Crippen LogP contribution is 2.28. The molecule has 0 bridgehead atoms. The van der Waals surface area contributed by atoms with Gasteiger partial charge in [-0.3, -0.25) is 0 Å². The minimum Gasteiger partial charge on any atom is -0.376 e.